The first-order valence-electron chi connectivity index (χ1n) is 5.80. The van der Waals surface area contributed by atoms with Crippen LogP contribution >= 0.6 is 0 Å². The van der Waals surface area contributed by atoms with E-state index in [1.54, 1.807) is 19.1 Å². The number of hydrogen-bond acceptors (Lipinski definition) is 4. The molecule has 0 aliphatic rings. The van der Waals surface area contributed by atoms with Gasteiger partial charge < -0.3 is 25.3 Å². The number of hydrogen-bond donors (Lipinski definition) is 4. The number of aliphatic carboxylic acids is 1. The number of urea groups is 1. The lowest BCUT2D eigenvalue weighted by Gasteiger charge is -2.21. The van der Waals surface area contributed by atoms with Crippen molar-refractivity contribution in [2.45, 2.75) is 32.4 Å². The number of carboxylic acids is 1. The third kappa shape index (κ3) is 5.91. The molecule has 0 fully saturated rings. The topological polar surface area (TPSA) is 112 Å². The maximum atomic E-state index is 11.4. The fourth-order valence-electron chi connectivity index (χ4n) is 1.47. The molecule has 7 nitrogen and oxygen atoms in total. The predicted octanol–water partition coefficient (Wildman–Crippen LogP) is 0.613. The van der Waals surface area contributed by atoms with Gasteiger partial charge in [-0.25, -0.2) is 4.79 Å². The molecule has 1 heterocycles. The van der Waals surface area contributed by atoms with Gasteiger partial charge >= 0.3 is 12.0 Å². The zero-order valence-corrected chi connectivity index (χ0v) is 10.9. The Morgan fingerprint density at radius 3 is 2.58 bits per heavy atom. The minimum atomic E-state index is -1.48. The standard InChI is InChI=1S/C12H18N2O5/c1-8-3-4-9(19-8)6-13-11(17)14-7-12(2,18)5-10(15)16/h3-4,18H,5-7H2,1-2H3,(H,15,16)(H2,13,14,17). The number of aliphatic hydroxyl groups is 1. The molecule has 0 saturated heterocycles. The zero-order valence-electron chi connectivity index (χ0n) is 10.9. The Labute approximate surface area is 110 Å². The number of furan rings is 1. The van der Waals surface area contributed by atoms with Crippen LogP contribution in [0.15, 0.2) is 16.5 Å². The van der Waals surface area contributed by atoms with Crippen LogP contribution in [0, 0.1) is 6.92 Å². The number of carbonyl (C=O) groups is 2. The molecule has 0 bridgehead atoms. The lowest BCUT2D eigenvalue weighted by molar-refractivity contribution is -0.141. The zero-order chi connectivity index (χ0) is 14.5. The number of carboxylic acid groups (broad SMARTS) is 1. The number of carbonyl (C=O) groups excluding carboxylic acids is 1. The summed E-state index contributed by atoms with van der Waals surface area (Å²) in [6, 6.07) is 3.03. The Morgan fingerprint density at radius 2 is 2.05 bits per heavy atom. The van der Waals surface area contributed by atoms with Crippen molar-refractivity contribution in [3.05, 3.63) is 23.7 Å². The van der Waals surface area contributed by atoms with E-state index < -0.39 is 24.0 Å². The molecule has 1 aromatic rings. The molecule has 0 aromatic carbocycles. The largest absolute Gasteiger partial charge is 0.481 e. The summed E-state index contributed by atoms with van der Waals surface area (Å²) in [5.74, 6) is 0.241. The Hall–Kier alpha value is -2.02. The summed E-state index contributed by atoms with van der Waals surface area (Å²) in [4.78, 5) is 21.9. The quantitative estimate of drug-likeness (QED) is 0.605. The van der Waals surface area contributed by atoms with Crippen LogP contribution in [0.2, 0.25) is 0 Å². The molecular formula is C12H18N2O5. The van der Waals surface area contributed by atoms with Crippen molar-refractivity contribution in [3.63, 3.8) is 0 Å². The Bertz CT molecular complexity index is 453. The third-order valence-corrected chi connectivity index (χ3v) is 2.38. The van der Waals surface area contributed by atoms with Crippen molar-refractivity contribution >= 4 is 12.0 Å². The summed E-state index contributed by atoms with van der Waals surface area (Å²) in [6.07, 6.45) is -0.440. The molecule has 0 spiro atoms. The Morgan fingerprint density at radius 1 is 1.37 bits per heavy atom. The summed E-state index contributed by atoms with van der Waals surface area (Å²) < 4.78 is 5.26. The smallest absolute Gasteiger partial charge is 0.315 e. The van der Waals surface area contributed by atoms with Crippen LogP contribution in [0.3, 0.4) is 0 Å². The second-order valence-corrected chi connectivity index (χ2v) is 4.62. The highest BCUT2D eigenvalue weighted by Gasteiger charge is 2.24. The van der Waals surface area contributed by atoms with Crippen molar-refractivity contribution < 1.29 is 24.2 Å². The molecular weight excluding hydrogens is 252 g/mol. The number of nitrogens with one attached hydrogen (secondary N) is 2. The highest BCUT2D eigenvalue weighted by atomic mass is 16.4. The first kappa shape index (κ1) is 15.0. The van der Waals surface area contributed by atoms with E-state index >= 15 is 0 Å². The Balaban J connectivity index is 2.30. The van der Waals surface area contributed by atoms with Crippen molar-refractivity contribution in [2.75, 3.05) is 6.54 Å². The van der Waals surface area contributed by atoms with E-state index in [2.05, 4.69) is 10.6 Å². The van der Waals surface area contributed by atoms with E-state index in [1.807, 2.05) is 0 Å². The minimum absolute atomic E-state index is 0.150. The molecule has 7 heteroatoms. The van der Waals surface area contributed by atoms with Gasteiger partial charge in [0.05, 0.1) is 18.6 Å². The lowest BCUT2D eigenvalue weighted by Crippen LogP contribution is -2.45. The van der Waals surface area contributed by atoms with Gasteiger partial charge in [0, 0.05) is 6.54 Å². The predicted molar refractivity (Wildman–Crippen MR) is 66.6 cm³/mol. The molecule has 0 saturated carbocycles. The van der Waals surface area contributed by atoms with E-state index in [0.29, 0.717) is 5.76 Å². The summed E-state index contributed by atoms with van der Waals surface area (Å²) >= 11 is 0. The van der Waals surface area contributed by atoms with Crippen LogP contribution in [0.1, 0.15) is 24.9 Å². The van der Waals surface area contributed by atoms with Gasteiger partial charge in [0.25, 0.3) is 0 Å². The summed E-state index contributed by atoms with van der Waals surface area (Å²) in [5.41, 5.74) is -1.48. The highest BCUT2D eigenvalue weighted by molar-refractivity contribution is 5.74. The van der Waals surface area contributed by atoms with Gasteiger partial charge in [-0.05, 0) is 26.0 Å². The molecule has 2 amide bonds. The van der Waals surface area contributed by atoms with Crippen LogP contribution < -0.4 is 10.6 Å². The van der Waals surface area contributed by atoms with Gasteiger partial charge in [-0.3, -0.25) is 4.79 Å². The van der Waals surface area contributed by atoms with E-state index in [1.165, 1.54) is 6.92 Å². The number of aryl methyl sites for hydroxylation is 1. The van der Waals surface area contributed by atoms with E-state index in [0.717, 1.165) is 5.76 Å². The second kappa shape index (κ2) is 6.24. The van der Waals surface area contributed by atoms with Crippen LogP contribution in [-0.2, 0) is 11.3 Å². The van der Waals surface area contributed by atoms with Gasteiger partial charge in [-0.1, -0.05) is 0 Å². The summed E-state index contributed by atoms with van der Waals surface area (Å²) in [6.45, 7) is 3.22. The van der Waals surface area contributed by atoms with Crippen molar-refractivity contribution in [1.29, 1.82) is 0 Å². The summed E-state index contributed by atoms with van der Waals surface area (Å²) in [5, 5.41) is 23.2. The molecule has 0 aliphatic carbocycles. The van der Waals surface area contributed by atoms with Crippen LogP contribution in [-0.4, -0.2) is 34.4 Å². The molecule has 1 aromatic heterocycles. The second-order valence-electron chi connectivity index (χ2n) is 4.62. The van der Waals surface area contributed by atoms with Gasteiger partial charge in [-0.2, -0.15) is 0 Å². The Kier molecular flexibility index (Phi) is 4.94. The average Bonchev–Trinajstić information content (AvgIpc) is 2.68. The molecule has 106 valence electrons. The molecule has 1 rings (SSSR count). The van der Waals surface area contributed by atoms with Gasteiger partial charge in [0.2, 0.25) is 0 Å². The fraction of sp³-hybridized carbons (Fsp3) is 0.500. The van der Waals surface area contributed by atoms with Crippen LogP contribution in [0.4, 0.5) is 4.79 Å². The fourth-order valence-corrected chi connectivity index (χ4v) is 1.47. The van der Waals surface area contributed by atoms with E-state index in [4.69, 9.17) is 9.52 Å². The summed E-state index contributed by atoms with van der Waals surface area (Å²) in [7, 11) is 0. The van der Waals surface area contributed by atoms with E-state index in [9.17, 15) is 14.7 Å². The molecule has 1 unspecified atom stereocenters. The monoisotopic (exact) mass is 270 g/mol. The maximum Gasteiger partial charge on any atom is 0.315 e. The maximum absolute atomic E-state index is 11.4. The normalized spacial score (nSPS) is 13.6. The van der Waals surface area contributed by atoms with Crippen LogP contribution in [0.25, 0.3) is 0 Å². The number of rotatable bonds is 6. The van der Waals surface area contributed by atoms with Crippen molar-refractivity contribution in [1.82, 2.24) is 10.6 Å². The van der Waals surface area contributed by atoms with Crippen molar-refractivity contribution in [3.8, 4) is 0 Å². The van der Waals surface area contributed by atoms with E-state index in [-0.39, 0.29) is 13.1 Å². The minimum Gasteiger partial charge on any atom is -0.481 e. The van der Waals surface area contributed by atoms with Gasteiger partial charge in [0.1, 0.15) is 11.5 Å². The van der Waals surface area contributed by atoms with Crippen molar-refractivity contribution in [2.24, 2.45) is 0 Å². The third-order valence-electron chi connectivity index (χ3n) is 2.38. The molecule has 0 radical (unpaired) electrons. The first-order chi connectivity index (χ1) is 8.78. The molecule has 19 heavy (non-hydrogen) atoms. The highest BCUT2D eigenvalue weighted by Crippen LogP contribution is 2.07. The number of amides is 2. The first-order valence-corrected chi connectivity index (χ1v) is 5.80. The molecule has 0 aliphatic heterocycles. The SMILES string of the molecule is Cc1ccc(CNC(=O)NCC(C)(O)CC(=O)O)o1. The molecule has 1 atom stereocenters. The van der Waals surface area contributed by atoms with Gasteiger partial charge in [0.15, 0.2) is 0 Å². The molecule has 4 N–H and O–H groups in total. The van der Waals surface area contributed by atoms with Gasteiger partial charge in [-0.15, -0.1) is 0 Å². The van der Waals surface area contributed by atoms with Crippen LogP contribution in [0.5, 0.6) is 0 Å². The average molecular weight is 270 g/mol. The lowest BCUT2D eigenvalue weighted by atomic mass is 10.0.